The Kier molecular flexibility index (Phi) is 4.74. The van der Waals surface area contributed by atoms with E-state index in [9.17, 15) is 8.78 Å². The minimum atomic E-state index is -2.36. The average molecular weight is 346 g/mol. The molecule has 0 amide bonds. The Morgan fingerprint density at radius 3 is 2.64 bits per heavy atom. The summed E-state index contributed by atoms with van der Waals surface area (Å²) in [7, 11) is 2.91. The first-order valence-electron chi connectivity index (χ1n) is 7.63. The normalized spacial score (nSPS) is 18.5. The van der Waals surface area contributed by atoms with Gasteiger partial charge in [-0.1, -0.05) is 5.92 Å². The van der Waals surface area contributed by atoms with Crippen LogP contribution in [0.5, 0.6) is 11.9 Å². The van der Waals surface area contributed by atoms with E-state index in [1.807, 2.05) is 0 Å². The first-order chi connectivity index (χ1) is 12.1. The highest BCUT2D eigenvalue weighted by atomic mass is 19.3. The third-order valence-corrected chi connectivity index (χ3v) is 4.01. The van der Waals surface area contributed by atoms with E-state index in [4.69, 9.17) is 9.47 Å². The van der Waals surface area contributed by atoms with E-state index in [1.165, 1.54) is 20.4 Å². The molecule has 25 heavy (non-hydrogen) atoms. The predicted molar refractivity (Wildman–Crippen MR) is 85.6 cm³/mol. The summed E-state index contributed by atoms with van der Waals surface area (Å²) in [6.45, 7) is 1.66. The second-order valence-electron chi connectivity index (χ2n) is 5.53. The Hall–Kier alpha value is -2.82. The summed E-state index contributed by atoms with van der Waals surface area (Å²) in [6, 6.07) is 1.87. The van der Waals surface area contributed by atoms with E-state index in [2.05, 4.69) is 32.0 Å². The number of halogens is 2. The largest absolute Gasteiger partial charge is 0.480 e. The molecular weight excluding hydrogens is 330 g/mol. The molecule has 2 atom stereocenters. The van der Waals surface area contributed by atoms with Crippen molar-refractivity contribution in [2.24, 2.45) is 5.92 Å². The molecule has 2 aromatic rings. The van der Waals surface area contributed by atoms with Gasteiger partial charge in [0.1, 0.15) is 11.4 Å². The van der Waals surface area contributed by atoms with Crippen molar-refractivity contribution in [1.82, 2.24) is 20.2 Å². The fourth-order valence-electron chi connectivity index (χ4n) is 2.67. The molecule has 6 nitrogen and oxygen atoms in total. The summed E-state index contributed by atoms with van der Waals surface area (Å²) in [5.41, 5.74) is 2.04. The molecule has 1 aliphatic carbocycles. The fraction of sp³-hybridized carbons (Fsp3) is 0.412. The zero-order chi connectivity index (χ0) is 18.0. The Labute approximate surface area is 143 Å². The Morgan fingerprint density at radius 1 is 1.24 bits per heavy atom. The molecular formula is C17H16F2N4O2. The van der Waals surface area contributed by atoms with Gasteiger partial charge in [-0.2, -0.15) is 4.98 Å². The molecule has 130 valence electrons. The number of ether oxygens (including phenoxy) is 2. The second-order valence-corrected chi connectivity index (χ2v) is 5.53. The quantitative estimate of drug-likeness (QED) is 0.775. The Balaban J connectivity index is 2.05. The highest BCUT2D eigenvalue weighted by Gasteiger charge is 2.46. The van der Waals surface area contributed by atoms with Crippen molar-refractivity contribution in [2.75, 3.05) is 14.2 Å². The van der Waals surface area contributed by atoms with Gasteiger partial charge in [0.05, 0.1) is 19.8 Å². The van der Waals surface area contributed by atoms with Crippen LogP contribution in [0.4, 0.5) is 8.78 Å². The summed E-state index contributed by atoms with van der Waals surface area (Å²) >= 11 is 0. The van der Waals surface area contributed by atoms with Gasteiger partial charge < -0.3 is 9.47 Å². The highest BCUT2D eigenvalue weighted by molar-refractivity contribution is 5.65. The van der Waals surface area contributed by atoms with E-state index in [1.54, 1.807) is 13.0 Å². The van der Waals surface area contributed by atoms with Gasteiger partial charge in [0.25, 0.3) is 0 Å². The predicted octanol–water partition coefficient (Wildman–Crippen LogP) is 2.69. The SMILES string of the molecule is CC#Cc1nnc(-c2cnc(OC)nc2OC)cc1C1C[C@@H]1C(F)F. The topological polar surface area (TPSA) is 70.0 Å². The van der Waals surface area contributed by atoms with Crippen LogP contribution in [-0.4, -0.2) is 40.8 Å². The third kappa shape index (κ3) is 3.36. The first-order valence-corrected chi connectivity index (χ1v) is 7.63. The number of hydrogen-bond acceptors (Lipinski definition) is 6. The molecule has 3 rings (SSSR count). The maximum atomic E-state index is 13.0. The summed E-state index contributed by atoms with van der Waals surface area (Å²) < 4.78 is 36.2. The van der Waals surface area contributed by atoms with Crippen LogP contribution >= 0.6 is 0 Å². The van der Waals surface area contributed by atoms with Gasteiger partial charge >= 0.3 is 6.01 Å². The number of hydrogen-bond donors (Lipinski definition) is 0. The number of alkyl halides is 2. The average Bonchev–Trinajstić information content (AvgIpc) is 3.42. The molecule has 1 saturated carbocycles. The van der Waals surface area contributed by atoms with Gasteiger partial charge in [-0.05, 0) is 36.8 Å². The molecule has 2 aromatic heterocycles. The molecule has 0 aromatic carbocycles. The zero-order valence-electron chi connectivity index (χ0n) is 14.0. The molecule has 0 radical (unpaired) electrons. The minimum Gasteiger partial charge on any atom is -0.480 e. The van der Waals surface area contributed by atoms with Crippen LogP contribution in [0.25, 0.3) is 11.3 Å². The van der Waals surface area contributed by atoms with Crippen molar-refractivity contribution in [3.63, 3.8) is 0 Å². The molecule has 0 bridgehead atoms. The van der Waals surface area contributed by atoms with Crippen LogP contribution in [0.2, 0.25) is 0 Å². The molecule has 0 aliphatic heterocycles. The smallest absolute Gasteiger partial charge is 0.319 e. The summed E-state index contributed by atoms with van der Waals surface area (Å²) in [5, 5.41) is 8.24. The summed E-state index contributed by atoms with van der Waals surface area (Å²) in [6.07, 6.45) is -0.443. The van der Waals surface area contributed by atoms with Crippen LogP contribution in [0.15, 0.2) is 12.3 Å². The number of nitrogens with zero attached hydrogens (tertiary/aromatic N) is 4. The molecule has 1 aliphatic rings. The van der Waals surface area contributed by atoms with E-state index in [0.29, 0.717) is 28.9 Å². The second kappa shape index (κ2) is 6.97. The van der Waals surface area contributed by atoms with Gasteiger partial charge in [-0.15, -0.1) is 10.2 Å². The van der Waals surface area contributed by atoms with Gasteiger partial charge in [0.2, 0.25) is 12.3 Å². The van der Waals surface area contributed by atoms with Gasteiger partial charge in [-0.25, -0.2) is 13.8 Å². The molecule has 1 unspecified atom stereocenters. The van der Waals surface area contributed by atoms with Crippen molar-refractivity contribution in [2.45, 2.75) is 25.7 Å². The van der Waals surface area contributed by atoms with Gasteiger partial charge in [0.15, 0.2) is 0 Å². The van der Waals surface area contributed by atoms with E-state index in [0.717, 1.165) is 0 Å². The number of rotatable bonds is 5. The van der Waals surface area contributed by atoms with Crippen molar-refractivity contribution >= 4 is 0 Å². The lowest BCUT2D eigenvalue weighted by Crippen LogP contribution is -2.03. The highest BCUT2D eigenvalue weighted by Crippen LogP contribution is 2.52. The lowest BCUT2D eigenvalue weighted by molar-refractivity contribution is 0.120. The van der Waals surface area contributed by atoms with Crippen LogP contribution in [0.1, 0.15) is 30.5 Å². The Morgan fingerprint density at radius 2 is 2.04 bits per heavy atom. The molecule has 2 heterocycles. The van der Waals surface area contributed by atoms with Crippen molar-refractivity contribution < 1.29 is 18.3 Å². The van der Waals surface area contributed by atoms with Gasteiger partial charge in [-0.3, -0.25) is 0 Å². The monoisotopic (exact) mass is 346 g/mol. The van der Waals surface area contributed by atoms with Crippen LogP contribution in [0.3, 0.4) is 0 Å². The maximum Gasteiger partial charge on any atom is 0.319 e. The zero-order valence-corrected chi connectivity index (χ0v) is 14.0. The maximum absolute atomic E-state index is 13.0. The van der Waals surface area contributed by atoms with E-state index < -0.39 is 12.3 Å². The van der Waals surface area contributed by atoms with Crippen LogP contribution in [0, 0.1) is 17.8 Å². The van der Waals surface area contributed by atoms with Crippen LogP contribution < -0.4 is 9.47 Å². The molecule has 0 N–H and O–H groups in total. The molecule has 8 heteroatoms. The lowest BCUT2D eigenvalue weighted by Gasteiger charge is -2.09. The van der Waals surface area contributed by atoms with Crippen molar-refractivity contribution in [3.05, 3.63) is 23.5 Å². The van der Waals surface area contributed by atoms with Crippen molar-refractivity contribution in [3.8, 4) is 35.0 Å². The minimum absolute atomic E-state index is 0.155. The van der Waals surface area contributed by atoms with Crippen LogP contribution in [-0.2, 0) is 0 Å². The lowest BCUT2D eigenvalue weighted by atomic mass is 10.0. The molecule has 1 fully saturated rings. The summed E-state index contributed by atoms with van der Waals surface area (Å²) in [4.78, 5) is 8.15. The molecule has 0 spiro atoms. The Bertz CT molecular complexity index is 848. The fourth-order valence-corrected chi connectivity index (χ4v) is 2.67. The van der Waals surface area contributed by atoms with Gasteiger partial charge in [0, 0.05) is 12.1 Å². The molecule has 0 saturated heterocycles. The van der Waals surface area contributed by atoms with E-state index >= 15 is 0 Å². The number of methoxy groups -OCH3 is 2. The summed E-state index contributed by atoms with van der Waals surface area (Å²) in [5.74, 6) is 4.91. The van der Waals surface area contributed by atoms with Crippen molar-refractivity contribution in [1.29, 1.82) is 0 Å². The first kappa shape index (κ1) is 17.0. The third-order valence-electron chi connectivity index (χ3n) is 4.01. The standard InChI is InChI=1S/C17H16F2N4O2/c1-4-5-13-10(9-6-11(9)15(18)19)7-14(23-22-13)12-8-20-17(25-3)21-16(12)24-2/h7-9,11,15H,6H2,1-3H3/t9?,11-/m0/s1. The number of aromatic nitrogens is 4. The van der Waals surface area contributed by atoms with E-state index in [-0.39, 0.29) is 17.8 Å².